The summed E-state index contributed by atoms with van der Waals surface area (Å²) in [4.78, 5) is 24.4. The molecule has 2 N–H and O–H groups in total. The Morgan fingerprint density at radius 3 is 2.62 bits per heavy atom. The van der Waals surface area contributed by atoms with Crippen LogP contribution in [0.25, 0.3) is 5.69 Å². The standard InChI is InChI=1S/C22H23FN4O2/c1-3-15(2)21(28)25-18-6-4-5-16(13-18)14-24-22(29)20-11-12-27(26-20)19-9-7-17(23)8-10-19/h4-13,15H,3,14H2,1-2H3,(H,24,29)(H,25,28). The molecule has 0 saturated heterocycles. The maximum atomic E-state index is 13.0. The number of benzene rings is 2. The number of halogens is 1. The molecule has 0 spiro atoms. The van der Waals surface area contributed by atoms with E-state index in [-0.39, 0.29) is 29.2 Å². The van der Waals surface area contributed by atoms with Crippen molar-refractivity contribution in [3.8, 4) is 5.69 Å². The Labute approximate surface area is 168 Å². The maximum Gasteiger partial charge on any atom is 0.272 e. The zero-order valence-corrected chi connectivity index (χ0v) is 16.4. The molecule has 0 aliphatic heterocycles. The van der Waals surface area contributed by atoms with E-state index >= 15 is 0 Å². The van der Waals surface area contributed by atoms with Gasteiger partial charge in [0.25, 0.3) is 5.91 Å². The van der Waals surface area contributed by atoms with Gasteiger partial charge in [0.2, 0.25) is 5.91 Å². The minimum atomic E-state index is -0.332. The number of amides is 2. The summed E-state index contributed by atoms with van der Waals surface area (Å²) in [6, 6.07) is 14.8. The lowest BCUT2D eigenvalue weighted by atomic mass is 10.1. The first-order valence-electron chi connectivity index (χ1n) is 9.46. The topological polar surface area (TPSA) is 76.0 Å². The Morgan fingerprint density at radius 2 is 1.90 bits per heavy atom. The van der Waals surface area contributed by atoms with E-state index < -0.39 is 0 Å². The number of rotatable bonds is 7. The summed E-state index contributed by atoms with van der Waals surface area (Å²) >= 11 is 0. The average Bonchev–Trinajstić information content (AvgIpc) is 3.22. The lowest BCUT2D eigenvalue weighted by molar-refractivity contribution is -0.119. The molecule has 0 saturated carbocycles. The Balaban J connectivity index is 1.60. The van der Waals surface area contributed by atoms with Crippen LogP contribution < -0.4 is 10.6 Å². The first-order chi connectivity index (χ1) is 14.0. The van der Waals surface area contributed by atoms with Crippen LogP contribution in [0.4, 0.5) is 10.1 Å². The van der Waals surface area contributed by atoms with Gasteiger partial charge in [0, 0.05) is 24.3 Å². The molecule has 1 unspecified atom stereocenters. The Morgan fingerprint density at radius 1 is 1.14 bits per heavy atom. The second-order valence-electron chi connectivity index (χ2n) is 6.80. The summed E-state index contributed by atoms with van der Waals surface area (Å²) in [5, 5.41) is 9.93. The quantitative estimate of drug-likeness (QED) is 0.638. The van der Waals surface area contributed by atoms with Crippen LogP contribution in [0.2, 0.25) is 0 Å². The van der Waals surface area contributed by atoms with E-state index in [1.165, 1.54) is 16.8 Å². The summed E-state index contributed by atoms with van der Waals surface area (Å²) in [5.41, 5.74) is 2.48. The number of nitrogens with one attached hydrogen (secondary N) is 2. The highest BCUT2D eigenvalue weighted by Crippen LogP contribution is 2.14. The van der Waals surface area contributed by atoms with Crippen molar-refractivity contribution in [3.63, 3.8) is 0 Å². The molecular formula is C22H23FN4O2. The zero-order valence-electron chi connectivity index (χ0n) is 16.4. The highest BCUT2D eigenvalue weighted by molar-refractivity contribution is 5.93. The van der Waals surface area contributed by atoms with Crippen molar-refractivity contribution < 1.29 is 14.0 Å². The third-order valence-corrected chi connectivity index (χ3v) is 4.62. The van der Waals surface area contributed by atoms with Crippen LogP contribution in [-0.4, -0.2) is 21.6 Å². The summed E-state index contributed by atoms with van der Waals surface area (Å²) < 4.78 is 14.5. The minimum absolute atomic E-state index is 0.0278. The van der Waals surface area contributed by atoms with Crippen molar-refractivity contribution in [3.05, 3.63) is 77.9 Å². The fourth-order valence-electron chi connectivity index (χ4n) is 2.67. The van der Waals surface area contributed by atoms with E-state index in [0.29, 0.717) is 17.9 Å². The Kier molecular flexibility index (Phi) is 6.39. The molecule has 0 aliphatic rings. The molecule has 2 amide bonds. The molecule has 7 heteroatoms. The summed E-state index contributed by atoms with van der Waals surface area (Å²) in [6.07, 6.45) is 2.42. The highest BCUT2D eigenvalue weighted by atomic mass is 19.1. The molecule has 150 valence electrons. The van der Waals surface area contributed by atoms with Crippen LogP contribution in [0.5, 0.6) is 0 Å². The zero-order chi connectivity index (χ0) is 20.8. The van der Waals surface area contributed by atoms with Crippen molar-refractivity contribution in [2.24, 2.45) is 5.92 Å². The van der Waals surface area contributed by atoms with Gasteiger partial charge in [-0.3, -0.25) is 9.59 Å². The SMILES string of the molecule is CCC(C)C(=O)Nc1cccc(CNC(=O)c2ccn(-c3ccc(F)cc3)n2)c1. The van der Waals surface area contributed by atoms with E-state index in [4.69, 9.17) is 0 Å². The van der Waals surface area contributed by atoms with E-state index in [1.807, 2.05) is 38.1 Å². The lowest BCUT2D eigenvalue weighted by Gasteiger charge is -2.11. The van der Waals surface area contributed by atoms with Gasteiger partial charge in [-0.1, -0.05) is 26.0 Å². The number of hydrogen-bond donors (Lipinski definition) is 2. The van der Waals surface area contributed by atoms with Crippen molar-refractivity contribution in [2.45, 2.75) is 26.8 Å². The molecule has 1 aromatic heterocycles. The van der Waals surface area contributed by atoms with Crippen LogP contribution in [-0.2, 0) is 11.3 Å². The number of aromatic nitrogens is 2. The third kappa shape index (κ3) is 5.28. The Bertz CT molecular complexity index is 998. The summed E-state index contributed by atoms with van der Waals surface area (Å²) in [5.74, 6) is -0.740. The smallest absolute Gasteiger partial charge is 0.272 e. The molecule has 6 nitrogen and oxygen atoms in total. The minimum Gasteiger partial charge on any atom is -0.347 e. The van der Waals surface area contributed by atoms with E-state index in [9.17, 15) is 14.0 Å². The molecule has 3 aromatic rings. The molecule has 2 aromatic carbocycles. The molecule has 0 fully saturated rings. The second-order valence-corrected chi connectivity index (χ2v) is 6.80. The highest BCUT2D eigenvalue weighted by Gasteiger charge is 2.12. The molecule has 0 radical (unpaired) electrons. The van der Waals surface area contributed by atoms with Crippen molar-refractivity contribution in [2.75, 3.05) is 5.32 Å². The van der Waals surface area contributed by atoms with Gasteiger partial charge in [-0.25, -0.2) is 9.07 Å². The number of hydrogen-bond acceptors (Lipinski definition) is 3. The second kappa shape index (κ2) is 9.14. The maximum absolute atomic E-state index is 13.0. The number of nitrogens with zero attached hydrogens (tertiary/aromatic N) is 2. The predicted molar refractivity (Wildman–Crippen MR) is 109 cm³/mol. The number of anilines is 1. The number of carbonyl (C=O) groups is 2. The Hall–Kier alpha value is -3.48. The van der Waals surface area contributed by atoms with Gasteiger partial charge in [-0.15, -0.1) is 0 Å². The first kappa shape index (κ1) is 20.3. The van der Waals surface area contributed by atoms with Crippen LogP contribution in [0.15, 0.2) is 60.8 Å². The lowest BCUT2D eigenvalue weighted by Crippen LogP contribution is -2.23. The molecule has 1 heterocycles. The van der Waals surface area contributed by atoms with Gasteiger partial charge in [-0.2, -0.15) is 5.10 Å². The molecule has 29 heavy (non-hydrogen) atoms. The fraction of sp³-hybridized carbons (Fsp3) is 0.227. The van der Waals surface area contributed by atoms with Gasteiger partial charge in [0.05, 0.1) is 5.69 Å². The van der Waals surface area contributed by atoms with Crippen LogP contribution in [0.3, 0.4) is 0 Å². The fourth-order valence-corrected chi connectivity index (χ4v) is 2.67. The van der Waals surface area contributed by atoms with E-state index in [0.717, 1.165) is 12.0 Å². The van der Waals surface area contributed by atoms with Crippen molar-refractivity contribution >= 4 is 17.5 Å². The molecule has 0 bridgehead atoms. The third-order valence-electron chi connectivity index (χ3n) is 4.62. The number of carbonyl (C=O) groups excluding carboxylic acids is 2. The van der Waals surface area contributed by atoms with Crippen LogP contribution in [0, 0.1) is 11.7 Å². The molecular weight excluding hydrogens is 371 g/mol. The summed E-state index contributed by atoms with van der Waals surface area (Å²) in [7, 11) is 0. The largest absolute Gasteiger partial charge is 0.347 e. The monoisotopic (exact) mass is 394 g/mol. The van der Waals surface area contributed by atoms with Crippen LogP contribution >= 0.6 is 0 Å². The first-order valence-corrected chi connectivity index (χ1v) is 9.46. The molecule has 3 rings (SSSR count). The normalized spacial score (nSPS) is 11.7. The van der Waals surface area contributed by atoms with Gasteiger partial charge in [0.15, 0.2) is 5.69 Å². The average molecular weight is 394 g/mol. The van der Waals surface area contributed by atoms with Crippen molar-refractivity contribution in [1.82, 2.24) is 15.1 Å². The van der Waals surface area contributed by atoms with Gasteiger partial charge in [0.1, 0.15) is 5.82 Å². The summed E-state index contributed by atoms with van der Waals surface area (Å²) in [6.45, 7) is 4.15. The molecule has 1 atom stereocenters. The van der Waals surface area contributed by atoms with E-state index in [2.05, 4.69) is 15.7 Å². The molecule has 0 aliphatic carbocycles. The van der Waals surface area contributed by atoms with Gasteiger partial charge >= 0.3 is 0 Å². The predicted octanol–water partition coefficient (Wildman–Crippen LogP) is 3.93. The van der Waals surface area contributed by atoms with Crippen molar-refractivity contribution in [1.29, 1.82) is 0 Å². The van der Waals surface area contributed by atoms with Gasteiger partial charge in [-0.05, 0) is 54.4 Å². The van der Waals surface area contributed by atoms with Crippen LogP contribution in [0.1, 0.15) is 36.3 Å². The van der Waals surface area contributed by atoms with E-state index in [1.54, 1.807) is 24.4 Å². The van der Waals surface area contributed by atoms with Gasteiger partial charge < -0.3 is 10.6 Å².